The molecule has 1 aromatic heterocycles. The Bertz CT molecular complexity index is 952. The van der Waals surface area contributed by atoms with Gasteiger partial charge in [0.25, 0.3) is 5.69 Å². The number of para-hydroxylation sites is 2. The minimum Gasteiger partial charge on any atom is -0.348 e. The number of rotatable bonds is 5. The molecule has 3 rings (SSSR count). The SMILES string of the molecule is O=C(/C=C/c1cnc2ccccc2n1)NCc1ccc([N+](=O)[O-])cc1. The predicted molar refractivity (Wildman–Crippen MR) is 93.5 cm³/mol. The lowest BCUT2D eigenvalue weighted by Gasteiger charge is -2.02. The molecular formula is C18H14N4O3. The lowest BCUT2D eigenvalue weighted by molar-refractivity contribution is -0.384. The monoisotopic (exact) mass is 334 g/mol. The fourth-order valence-corrected chi connectivity index (χ4v) is 2.20. The number of nitro benzene ring substituents is 1. The molecule has 1 N–H and O–H groups in total. The summed E-state index contributed by atoms with van der Waals surface area (Å²) < 4.78 is 0. The molecule has 0 bridgehead atoms. The van der Waals surface area contributed by atoms with Crippen molar-refractivity contribution in [1.29, 1.82) is 0 Å². The van der Waals surface area contributed by atoms with Gasteiger partial charge in [-0.2, -0.15) is 0 Å². The largest absolute Gasteiger partial charge is 0.348 e. The van der Waals surface area contributed by atoms with E-state index in [-0.39, 0.29) is 18.1 Å². The molecule has 0 aliphatic heterocycles. The number of nitrogens with zero attached hydrogens (tertiary/aromatic N) is 3. The number of hydrogen-bond donors (Lipinski definition) is 1. The smallest absolute Gasteiger partial charge is 0.269 e. The fraction of sp³-hybridized carbons (Fsp3) is 0.0556. The van der Waals surface area contributed by atoms with Crippen molar-refractivity contribution < 1.29 is 9.72 Å². The van der Waals surface area contributed by atoms with Gasteiger partial charge in [0, 0.05) is 24.8 Å². The molecule has 7 nitrogen and oxygen atoms in total. The van der Waals surface area contributed by atoms with Crippen LogP contribution in [0.3, 0.4) is 0 Å². The summed E-state index contributed by atoms with van der Waals surface area (Å²) in [5, 5.41) is 13.3. The number of nitrogens with one attached hydrogen (secondary N) is 1. The minimum absolute atomic E-state index is 0.0184. The molecule has 0 radical (unpaired) electrons. The van der Waals surface area contributed by atoms with E-state index >= 15 is 0 Å². The van der Waals surface area contributed by atoms with Crippen molar-refractivity contribution in [3.05, 3.63) is 82.2 Å². The van der Waals surface area contributed by atoms with Gasteiger partial charge in [-0.3, -0.25) is 19.9 Å². The lowest BCUT2D eigenvalue weighted by atomic mass is 10.2. The zero-order chi connectivity index (χ0) is 17.6. The average Bonchev–Trinajstić information content (AvgIpc) is 2.65. The first kappa shape index (κ1) is 16.3. The minimum atomic E-state index is -0.463. The molecule has 0 atom stereocenters. The third-order valence-electron chi connectivity index (χ3n) is 3.49. The topological polar surface area (TPSA) is 98.0 Å². The van der Waals surface area contributed by atoms with E-state index in [2.05, 4.69) is 15.3 Å². The zero-order valence-electron chi connectivity index (χ0n) is 13.1. The highest BCUT2D eigenvalue weighted by Crippen LogP contribution is 2.12. The van der Waals surface area contributed by atoms with Crippen molar-refractivity contribution in [2.75, 3.05) is 0 Å². The molecule has 0 aliphatic carbocycles. The van der Waals surface area contributed by atoms with Crippen LogP contribution in [0.1, 0.15) is 11.3 Å². The Hall–Kier alpha value is -3.61. The first-order chi connectivity index (χ1) is 12.1. The molecule has 0 saturated carbocycles. The number of hydrogen-bond acceptors (Lipinski definition) is 5. The van der Waals surface area contributed by atoms with Gasteiger partial charge in [-0.15, -0.1) is 0 Å². The highest BCUT2D eigenvalue weighted by atomic mass is 16.6. The molecule has 2 aromatic carbocycles. The number of amides is 1. The van der Waals surface area contributed by atoms with Crippen molar-refractivity contribution in [2.45, 2.75) is 6.54 Å². The fourth-order valence-electron chi connectivity index (χ4n) is 2.20. The highest BCUT2D eigenvalue weighted by molar-refractivity contribution is 5.91. The quantitative estimate of drug-likeness (QED) is 0.439. The van der Waals surface area contributed by atoms with Gasteiger partial charge in [0.05, 0.1) is 27.8 Å². The van der Waals surface area contributed by atoms with Crippen LogP contribution >= 0.6 is 0 Å². The first-order valence-electron chi connectivity index (χ1n) is 7.53. The standard InChI is InChI=1S/C18H14N4O3/c23-18(20-11-13-5-8-15(9-6-13)22(24)25)10-7-14-12-19-16-3-1-2-4-17(16)21-14/h1-10,12H,11H2,(H,20,23)/b10-7+. The number of aromatic nitrogens is 2. The van der Waals surface area contributed by atoms with Crippen LogP contribution < -0.4 is 5.32 Å². The van der Waals surface area contributed by atoms with Gasteiger partial charge in [-0.25, -0.2) is 4.98 Å². The molecule has 0 fully saturated rings. The Morgan fingerprint density at radius 3 is 2.56 bits per heavy atom. The molecule has 124 valence electrons. The van der Waals surface area contributed by atoms with Crippen LogP contribution in [-0.4, -0.2) is 20.8 Å². The summed E-state index contributed by atoms with van der Waals surface area (Å²) in [5.41, 5.74) is 2.94. The van der Waals surface area contributed by atoms with Gasteiger partial charge in [-0.05, 0) is 23.8 Å². The molecule has 0 saturated heterocycles. The van der Waals surface area contributed by atoms with E-state index in [9.17, 15) is 14.9 Å². The summed E-state index contributed by atoms with van der Waals surface area (Å²) in [6.45, 7) is 0.282. The van der Waals surface area contributed by atoms with Gasteiger partial charge >= 0.3 is 0 Å². The third-order valence-corrected chi connectivity index (χ3v) is 3.49. The van der Waals surface area contributed by atoms with E-state index in [1.54, 1.807) is 24.4 Å². The molecule has 0 spiro atoms. The lowest BCUT2D eigenvalue weighted by Crippen LogP contribution is -2.20. The molecule has 25 heavy (non-hydrogen) atoms. The number of carbonyl (C=O) groups excluding carboxylic acids is 1. The van der Waals surface area contributed by atoms with Crippen LogP contribution in [0.25, 0.3) is 17.1 Å². The van der Waals surface area contributed by atoms with Crippen molar-refractivity contribution in [3.63, 3.8) is 0 Å². The number of carbonyl (C=O) groups is 1. The molecule has 1 heterocycles. The van der Waals surface area contributed by atoms with Crippen LogP contribution in [0.2, 0.25) is 0 Å². The summed E-state index contributed by atoms with van der Waals surface area (Å²) >= 11 is 0. The Balaban J connectivity index is 1.59. The van der Waals surface area contributed by atoms with Crippen molar-refractivity contribution >= 4 is 28.7 Å². The molecule has 1 amide bonds. The van der Waals surface area contributed by atoms with E-state index in [4.69, 9.17) is 0 Å². The van der Waals surface area contributed by atoms with Gasteiger partial charge in [0.2, 0.25) is 5.91 Å². The van der Waals surface area contributed by atoms with Crippen LogP contribution in [0.15, 0.2) is 60.8 Å². The van der Waals surface area contributed by atoms with Crippen LogP contribution in [0, 0.1) is 10.1 Å². The molecule has 7 heteroatoms. The van der Waals surface area contributed by atoms with Gasteiger partial charge in [0.15, 0.2) is 0 Å². The molecule has 3 aromatic rings. The van der Waals surface area contributed by atoms with E-state index in [0.717, 1.165) is 16.6 Å². The first-order valence-corrected chi connectivity index (χ1v) is 7.53. The summed E-state index contributed by atoms with van der Waals surface area (Å²) in [5.74, 6) is -0.284. The van der Waals surface area contributed by atoms with E-state index in [1.165, 1.54) is 18.2 Å². The number of benzene rings is 2. The highest BCUT2D eigenvalue weighted by Gasteiger charge is 2.04. The van der Waals surface area contributed by atoms with E-state index in [1.807, 2.05) is 24.3 Å². The maximum absolute atomic E-state index is 11.9. The third kappa shape index (κ3) is 4.23. The number of fused-ring (bicyclic) bond motifs is 1. The second-order valence-corrected chi connectivity index (χ2v) is 5.26. The maximum Gasteiger partial charge on any atom is 0.269 e. The summed E-state index contributed by atoms with van der Waals surface area (Å²) in [4.78, 5) is 30.7. The molecule has 0 aliphatic rings. The van der Waals surface area contributed by atoms with Crippen LogP contribution in [0.5, 0.6) is 0 Å². The maximum atomic E-state index is 11.9. The van der Waals surface area contributed by atoms with Crippen molar-refractivity contribution in [2.24, 2.45) is 0 Å². The summed E-state index contributed by atoms with van der Waals surface area (Å²) in [7, 11) is 0. The normalized spacial score (nSPS) is 10.9. The molecular weight excluding hydrogens is 320 g/mol. The van der Waals surface area contributed by atoms with Crippen LogP contribution in [-0.2, 0) is 11.3 Å². The number of non-ortho nitro benzene ring substituents is 1. The zero-order valence-corrected chi connectivity index (χ0v) is 13.1. The summed E-state index contributed by atoms with van der Waals surface area (Å²) in [6.07, 6.45) is 4.57. The molecule has 0 unspecified atom stereocenters. The Labute approximate surface area is 143 Å². The van der Waals surface area contributed by atoms with E-state index in [0.29, 0.717) is 5.69 Å². The van der Waals surface area contributed by atoms with Gasteiger partial charge < -0.3 is 5.32 Å². The Morgan fingerprint density at radius 1 is 1.12 bits per heavy atom. The van der Waals surface area contributed by atoms with E-state index < -0.39 is 4.92 Å². The second kappa shape index (κ2) is 7.31. The van der Waals surface area contributed by atoms with Crippen LogP contribution in [0.4, 0.5) is 5.69 Å². The van der Waals surface area contributed by atoms with Crippen molar-refractivity contribution in [1.82, 2.24) is 15.3 Å². The van der Waals surface area contributed by atoms with Gasteiger partial charge in [-0.1, -0.05) is 24.3 Å². The Morgan fingerprint density at radius 2 is 1.84 bits per heavy atom. The van der Waals surface area contributed by atoms with Crippen molar-refractivity contribution in [3.8, 4) is 0 Å². The predicted octanol–water partition coefficient (Wildman–Crippen LogP) is 2.87. The second-order valence-electron chi connectivity index (χ2n) is 5.26. The Kier molecular flexibility index (Phi) is 4.75. The van der Waals surface area contributed by atoms with Gasteiger partial charge in [0.1, 0.15) is 0 Å². The summed E-state index contributed by atoms with van der Waals surface area (Å²) in [6, 6.07) is 13.5. The average molecular weight is 334 g/mol. The number of nitro groups is 1.